The second-order valence-corrected chi connectivity index (χ2v) is 11.6. The molecule has 4 heteroatoms. The second-order valence-electron chi connectivity index (χ2n) is 6.16. The molecule has 1 aromatic heterocycles. The highest BCUT2D eigenvalue weighted by Gasteiger charge is 2.23. The van der Waals surface area contributed by atoms with Crippen LogP contribution in [-0.4, -0.2) is 37.0 Å². The lowest BCUT2D eigenvalue weighted by molar-refractivity contribution is -0.129. The monoisotopic (exact) mass is 264 g/mol. The third-order valence-electron chi connectivity index (χ3n) is 2.99. The van der Waals surface area contributed by atoms with Crippen LogP contribution < -0.4 is 0 Å². The third kappa shape index (κ3) is 5.00. The lowest BCUT2D eigenvalue weighted by Crippen LogP contribution is -2.40. The van der Waals surface area contributed by atoms with Crippen LogP contribution in [-0.2, 0) is 11.2 Å². The Morgan fingerprint density at radius 3 is 2.61 bits per heavy atom. The van der Waals surface area contributed by atoms with Crippen LogP contribution in [0.2, 0.25) is 25.7 Å². The SMILES string of the molecule is CC(Cc1cccnc1)N(C)C(=O)C[Si](C)(C)C. The molecular weight excluding hydrogens is 240 g/mol. The number of nitrogens with zero attached hydrogens (tertiary/aromatic N) is 2. The van der Waals surface area contributed by atoms with Gasteiger partial charge in [0, 0.05) is 31.5 Å². The van der Waals surface area contributed by atoms with E-state index < -0.39 is 8.07 Å². The van der Waals surface area contributed by atoms with Crippen LogP contribution in [0.15, 0.2) is 24.5 Å². The van der Waals surface area contributed by atoms with Crippen molar-refractivity contribution in [1.82, 2.24) is 9.88 Å². The Bertz CT molecular complexity index is 387. The van der Waals surface area contributed by atoms with Crippen molar-refractivity contribution in [2.45, 2.75) is 45.1 Å². The number of aromatic nitrogens is 1. The van der Waals surface area contributed by atoms with Crippen molar-refractivity contribution in [2.24, 2.45) is 0 Å². The molecule has 1 heterocycles. The van der Waals surface area contributed by atoms with Crippen LogP contribution in [0, 0.1) is 0 Å². The summed E-state index contributed by atoms with van der Waals surface area (Å²) >= 11 is 0. The molecule has 0 N–H and O–H groups in total. The molecule has 0 aromatic carbocycles. The van der Waals surface area contributed by atoms with E-state index in [1.165, 1.54) is 5.56 Å². The lowest BCUT2D eigenvalue weighted by Gasteiger charge is -2.27. The van der Waals surface area contributed by atoms with Gasteiger partial charge in [0.1, 0.15) is 0 Å². The first-order valence-electron chi connectivity index (χ1n) is 6.44. The molecule has 1 aromatic rings. The van der Waals surface area contributed by atoms with Gasteiger partial charge in [-0.15, -0.1) is 0 Å². The molecule has 18 heavy (non-hydrogen) atoms. The van der Waals surface area contributed by atoms with Crippen molar-refractivity contribution < 1.29 is 4.79 Å². The molecular formula is C14H24N2OSi. The maximum absolute atomic E-state index is 12.1. The highest BCUT2D eigenvalue weighted by Crippen LogP contribution is 2.13. The fraction of sp³-hybridized carbons (Fsp3) is 0.571. The minimum absolute atomic E-state index is 0.220. The standard InChI is InChI=1S/C14H24N2OSi/c1-12(9-13-7-6-8-15-10-13)16(2)14(17)11-18(3,4)5/h6-8,10,12H,9,11H2,1-5H3. The summed E-state index contributed by atoms with van der Waals surface area (Å²) in [5.41, 5.74) is 1.18. The van der Waals surface area contributed by atoms with E-state index in [4.69, 9.17) is 0 Å². The molecule has 0 bridgehead atoms. The molecule has 100 valence electrons. The fourth-order valence-electron chi connectivity index (χ4n) is 1.82. The van der Waals surface area contributed by atoms with Crippen molar-refractivity contribution in [3.63, 3.8) is 0 Å². The van der Waals surface area contributed by atoms with Gasteiger partial charge in [0.15, 0.2) is 0 Å². The molecule has 0 spiro atoms. The van der Waals surface area contributed by atoms with Gasteiger partial charge in [0.05, 0.1) is 8.07 Å². The van der Waals surface area contributed by atoms with E-state index in [0.717, 1.165) is 12.5 Å². The number of hydrogen-bond acceptors (Lipinski definition) is 2. The van der Waals surface area contributed by atoms with Crippen molar-refractivity contribution in [3.8, 4) is 0 Å². The number of likely N-dealkylation sites (N-methyl/N-ethyl adjacent to an activating group) is 1. The fourth-order valence-corrected chi connectivity index (χ4v) is 2.98. The van der Waals surface area contributed by atoms with Crippen LogP contribution in [0.5, 0.6) is 0 Å². The van der Waals surface area contributed by atoms with Crippen LogP contribution in [0.1, 0.15) is 12.5 Å². The minimum Gasteiger partial charge on any atom is -0.343 e. The van der Waals surface area contributed by atoms with Gasteiger partial charge < -0.3 is 4.90 Å². The molecule has 0 aliphatic carbocycles. The summed E-state index contributed by atoms with van der Waals surface area (Å²) in [6.45, 7) is 8.77. The van der Waals surface area contributed by atoms with Crippen molar-refractivity contribution >= 4 is 14.0 Å². The highest BCUT2D eigenvalue weighted by atomic mass is 28.3. The van der Waals surface area contributed by atoms with Crippen molar-refractivity contribution in [1.29, 1.82) is 0 Å². The minimum atomic E-state index is -1.32. The molecule has 1 unspecified atom stereocenters. The van der Waals surface area contributed by atoms with Crippen LogP contribution in [0.3, 0.4) is 0 Å². The molecule has 0 fully saturated rings. The first-order chi connectivity index (χ1) is 8.29. The quantitative estimate of drug-likeness (QED) is 0.766. The van der Waals surface area contributed by atoms with Crippen LogP contribution in [0.25, 0.3) is 0 Å². The first kappa shape index (κ1) is 14.9. The molecule has 1 amide bonds. The van der Waals surface area contributed by atoms with Gasteiger partial charge >= 0.3 is 0 Å². The summed E-state index contributed by atoms with van der Waals surface area (Å²) in [5, 5.41) is 0. The van der Waals surface area contributed by atoms with Gasteiger partial charge in [-0.05, 0) is 25.0 Å². The molecule has 3 nitrogen and oxygen atoms in total. The van der Waals surface area contributed by atoms with E-state index in [-0.39, 0.29) is 11.9 Å². The van der Waals surface area contributed by atoms with Gasteiger partial charge in [0.25, 0.3) is 0 Å². The number of carbonyl (C=O) groups is 1. The average molecular weight is 264 g/mol. The smallest absolute Gasteiger partial charge is 0.219 e. The van der Waals surface area contributed by atoms with Crippen molar-refractivity contribution in [3.05, 3.63) is 30.1 Å². The third-order valence-corrected chi connectivity index (χ3v) is 4.35. The van der Waals surface area contributed by atoms with E-state index >= 15 is 0 Å². The molecule has 0 saturated heterocycles. The van der Waals surface area contributed by atoms with Crippen LogP contribution >= 0.6 is 0 Å². The summed E-state index contributed by atoms with van der Waals surface area (Å²) in [6, 6.07) is 4.94. The Kier molecular flexibility index (Phi) is 5.08. The summed E-state index contributed by atoms with van der Waals surface area (Å²) in [4.78, 5) is 18.1. The number of pyridine rings is 1. The van der Waals surface area contributed by atoms with E-state index in [1.54, 1.807) is 6.20 Å². The summed E-state index contributed by atoms with van der Waals surface area (Å²) in [5.74, 6) is 0.269. The predicted octanol–water partition coefficient (Wildman–Crippen LogP) is 2.81. The zero-order valence-electron chi connectivity index (χ0n) is 12.1. The molecule has 0 aliphatic rings. The van der Waals surface area contributed by atoms with Gasteiger partial charge in [0.2, 0.25) is 5.91 Å². The number of amides is 1. The number of rotatable bonds is 5. The average Bonchev–Trinajstić information content (AvgIpc) is 2.27. The van der Waals surface area contributed by atoms with Crippen molar-refractivity contribution in [2.75, 3.05) is 7.05 Å². The highest BCUT2D eigenvalue weighted by molar-refractivity contribution is 6.78. The number of hydrogen-bond donors (Lipinski definition) is 0. The normalized spacial score (nSPS) is 13.2. The molecule has 1 atom stereocenters. The number of carbonyl (C=O) groups excluding carboxylic acids is 1. The zero-order chi connectivity index (χ0) is 13.8. The Morgan fingerprint density at radius 1 is 1.44 bits per heavy atom. The topological polar surface area (TPSA) is 33.2 Å². The predicted molar refractivity (Wildman–Crippen MR) is 78.3 cm³/mol. The Balaban J connectivity index is 2.56. The largest absolute Gasteiger partial charge is 0.343 e. The Labute approximate surface area is 111 Å². The van der Waals surface area contributed by atoms with E-state index in [0.29, 0.717) is 0 Å². The summed E-state index contributed by atoms with van der Waals surface area (Å²) < 4.78 is 0. The Hall–Kier alpha value is -1.16. The van der Waals surface area contributed by atoms with Gasteiger partial charge in [-0.3, -0.25) is 9.78 Å². The molecule has 0 saturated carbocycles. The lowest BCUT2D eigenvalue weighted by atomic mass is 10.1. The van der Waals surface area contributed by atoms with Gasteiger partial charge in [-0.25, -0.2) is 0 Å². The van der Waals surface area contributed by atoms with E-state index in [1.807, 2.05) is 24.2 Å². The summed E-state index contributed by atoms with van der Waals surface area (Å²) in [7, 11) is 0.582. The van der Waals surface area contributed by atoms with Gasteiger partial charge in [-0.1, -0.05) is 25.7 Å². The molecule has 0 radical (unpaired) electrons. The van der Waals surface area contributed by atoms with E-state index in [2.05, 4.69) is 37.6 Å². The molecule has 0 aliphatic heterocycles. The summed E-state index contributed by atoms with van der Waals surface area (Å²) in [6.07, 6.45) is 4.50. The Morgan fingerprint density at radius 2 is 2.11 bits per heavy atom. The van der Waals surface area contributed by atoms with Gasteiger partial charge in [-0.2, -0.15) is 0 Å². The molecule has 1 rings (SSSR count). The second kappa shape index (κ2) is 6.14. The maximum Gasteiger partial charge on any atom is 0.219 e. The first-order valence-corrected chi connectivity index (χ1v) is 10.1. The maximum atomic E-state index is 12.1. The van der Waals surface area contributed by atoms with Crippen LogP contribution in [0.4, 0.5) is 0 Å². The zero-order valence-corrected chi connectivity index (χ0v) is 13.1. The van der Waals surface area contributed by atoms with E-state index in [9.17, 15) is 4.79 Å².